The molecule has 0 aromatic heterocycles. The van der Waals surface area contributed by atoms with Crippen LogP contribution < -0.4 is 0 Å². The van der Waals surface area contributed by atoms with Gasteiger partial charge >= 0.3 is 8.80 Å². The topological polar surface area (TPSA) is 27.7 Å². The Morgan fingerprint density at radius 3 is 2.12 bits per heavy atom. The molecule has 1 aromatic rings. The van der Waals surface area contributed by atoms with Crippen molar-refractivity contribution in [1.29, 1.82) is 0 Å². The largest absolute Gasteiger partial charge is 0.529 e. The highest BCUT2D eigenvalue weighted by Gasteiger charge is 2.36. The molecule has 4 heteroatoms. The van der Waals surface area contributed by atoms with Gasteiger partial charge in [0.2, 0.25) is 0 Å². The van der Waals surface area contributed by atoms with Crippen molar-refractivity contribution < 1.29 is 13.3 Å². The van der Waals surface area contributed by atoms with Gasteiger partial charge in [0, 0.05) is 20.3 Å². The summed E-state index contributed by atoms with van der Waals surface area (Å²) >= 11 is 0. The molecule has 0 radical (unpaired) electrons. The maximum atomic E-state index is 5.65. The highest BCUT2D eigenvalue weighted by Crippen LogP contribution is 2.13. The Morgan fingerprint density at radius 1 is 1.06 bits per heavy atom. The molecule has 0 aliphatic heterocycles. The van der Waals surface area contributed by atoms with Crippen LogP contribution in [0.2, 0.25) is 0 Å². The molecule has 0 atom stereocenters. The van der Waals surface area contributed by atoms with Crippen LogP contribution in [0, 0.1) is 0 Å². The van der Waals surface area contributed by atoms with Crippen LogP contribution in [0.25, 0.3) is 6.08 Å². The van der Waals surface area contributed by atoms with Crippen molar-refractivity contribution >= 4 is 14.9 Å². The molecule has 3 nitrogen and oxygen atoms in total. The molecule has 0 spiro atoms. The van der Waals surface area contributed by atoms with E-state index in [1.807, 2.05) is 56.0 Å². The molecule has 0 heterocycles. The average molecular weight is 252 g/mol. The second-order valence-corrected chi connectivity index (χ2v) is 5.94. The Bertz CT molecular complexity index is 332. The predicted octanol–water partition coefficient (Wildman–Crippen LogP) is 2.90. The summed E-state index contributed by atoms with van der Waals surface area (Å²) in [7, 11) is -1.00. The molecule has 0 aliphatic rings. The van der Waals surface area contributed by atoms with Gasteiger partial charge in [0.1, 0.15) is 0 Å². The van der Waals surface area contributed by atoms with E-state index in [0.29, 0.717) is 13.2 Å². The highest BCUT2D eigenvalue weighted by molar-refractivity contribution is 6.67. The summed E-state index contributed by atoms with van der Waals surface area (Å²) in [4.78, 5) is 0. The zero-order valence-electron chi connectivity index (χ0n) is 10.7. The van der Waals surface area contributed by atoms with Crippen LogP contribution in [-0.4, -0.2) is 29.1 Å². The van der Waals surface area contributed by atoms with E-state index in [0.717, 1.165) is 5.56 Å². The van der Waals surface area contributed by atoms with E-state index in [2.05, 4.69) is 0 Å². The number of rotatable bonds is 7. The third-order valence-corrected chi connectivity index (χ3v) is 4.78. The van der Waals surface area contributed by atoms with Crippen LogP contribution in [0.5, 0.6) is 0 Å². The third kappa shape index (κ3) is 4.44. The molecule has 0 saturated carbocycles. The van der Waals surface area contributed by atoms with Gasteiger partial charge in [-0.1, -0.05) is 36.4 Å². The van der Waals surface area contributed by atoms with Gasteiger partial charge in [-0.2, -0.15) is 0 Å². The minimum atomic E-state index is -2.63. The first-order valence-electron chi connectivity index (χ1n) is 5.83. The van der Waals surface area contributed by atoms with E-state index in [4.69, 9.17) is 13.3 Å². The van der Waals surface area contributed by atoms with Crippen LogP contribution in [-0.2, 0) is 13.3 Å². The van der Waals surface area contributed by atoms with Gasteiger partial charge in [-0.15, -0.1) is 0 Å². The summed E-state index contributed by atoms with van der Waals surface area (Å²) in [5, 5.41) is 0. The lowest BCUT2D eigenvalue weighted by atomic mass is 10.2. The van der Waals surface area contributed by atoms with Crippen molar-refractivity contribution in [2.75, 3.05) is 20.3 Å². The Hall–Kier alpha value is -0.943. The van der Waals surface area contributed by atoms with Crippen LogP contribution in [0.15, 0.2) is 36.0 Å². The summed E-state index contributed by atoms with van der Waals surface area (Å²) in [5.41, 5.74) is 3.04. The number of benzene rings is 1. The molecule has 0 bridgehead atoms. The molecular weight excluding hydrogens is 232 g/mol. The van der Waals surface area contributed by atoms with Gasteiger partial charge in [0.15, 0.2) is 0 Å². The van der Waals surface area contributed by atoms with Crippen molar-refractivity contribution in [3.8, 4) is 0 Å². The first-order valence-corrected chi connectivity index (χ1v) is 7.64. The fourth-order valence-electron chi connectivity index (χ4n) is 1.49. The van der Waals surface area contributed by atoms with Crippen molar-refractivity contribution in [3.63, 3.8) is 0 Å². The van der Waals surface area contributed by atoms with Crippen molar-refractivity contribution in [3.05, 3.63) is 41.6 Å². The van der Waals surface area contributed by atoms with Gasteiger partial charge in [-0.05, 0) is 25.1 Å². The van der Waals surface area contributed by atoms with Crippen LogP contribution in [0.3, 0.4) is 0 Å². The standard InChI is InChI=1S/C13H20O3Si/c1-4-15-17(14-3,16-5-2)12-11-13-9-7-6-8-10-13/h6-12H,4-5H2,1-3H3/b12-11+. The van der Waals surface area contributed by atoms with Gasteiger partial charge in [-0.25, -0.2) is 0 Å². The summed E-state index contributed by atoms with van der Waals surface area (Å²) in [6.07, 6.45) is 1.99. The first kappa shape index (κ1) is 14.1. The SMILES string of the molecule is CCO[Si](/C=C/c1ccccc1)(OC)OCC. The van der Waals surface area contributed by atoms with E-state index in [-0.39, 0.29) is 0 Å². The minimum Gasteiger partial charge on any atom is -0.374 e. The Labute approximate surface area is 104 Å². The lowest BCUT2D eigenvalue weighted by molar-refractivity contribution is 0.100. The van der Waals surface area contributed by atoms with Crippen LogP contribution >= 0.6 is 0 Å². The van der Waals surface area contributed by atoms with Gasteiger partial charge < -0.3 is 13.3 Å². The molecule has 0 N–H and O–H groups in total. The van der Waals surface area contributed by atoms with E-state index in [9.17, 15) is 0 Å². The molecule has 94 valence electrons. The molecular formula is C13H20O3Si. The van der Waals surface area contributed by atoms with Crippen LogP contribution in [0.1, 0.15) is 19.4 Å². The highest BCUT2D eigenvalue weighted by atomic mass is 28.4. The van der Waals surface area contributed by atoms with E-state index < -0.39 is 8.80 Å². The summed E-state index contributed by atoms with van der Waals surface area (Å²) in [5.74, 6) is 0. The zero-order valence-corrected chi connectivity index (χ0v) is 11.7. The normalized spacial score (nSPS) is 12.2. The summed E-state index contributed by atoms with van der Waals surface area (Å²) in [6.45, 7) is 5.05. The molecule has 0 fully saturated rings. The van der Waals surface area contributed by atoms with Crippen LogP contribution in [0.4, 0.5) is 0 Å². The fourth-order valence-corrected chi connectivity index (χ4v) is 3.34. The number of hydrogen-bond donors (Lipinski definition) is 0. The molecule has 1 aromatic carbocycles. The molecule has 0 unspecified atom stereocenters. The Morgan fingerprint density at radius 2 is 1.65 bits per heavy atom. The quantitative estimate of drug-likeness (QED) is 0.698. The van der Waals surface area contributed by atoms with E-state index in [1.165, 1.54) is 0 Å². The monoisotopic (exact) mass is 252 g/mol. The van der Waals surface area contributed by atoms with E-state index >= 15 is 0 Å². The van der Waals surface area contributed by atoms with Gasteiger partial charge in [0.25, 0.3) is 0 Å². The molecule has 0 aliphatic carbocycles. The maximum absolute atomic E-state index is 5.65. The molecule has 17 heavy (non-hydrogen) atoms. The zero-order chi connectivity index (χ0) is 12.6. The summed E-state index contributed by atoms with van der Waals surface area (Å²) < 4.78 is 16.7. The average Bonchev–Trinajstić information content (AvgIpc) is 2.38. The lowest BCUT2D eigenvalue weighted by Gasteiger charge is -2.23. The molecule has 0 amide bonds. The Balaban J connectivity index is 2.81. The van der Waals surface area contributed by atoms with Crippen molar-refractivity contribution in [2.45, 2.75) is 13.8 Å². The lowest BCUT2D eigenvalue weighted by Crippen LogP contribution is -2.43. The second kappa shape index (κ2) is 7.40. The summed E-state index contributed by atoms with van der Waals surface area (Å²) in [6, 6.07) is 10.0. The predicted molar refractivity (Wildman–Crippen MR) is 71.5 cm³/mol. The number of hydrogen-bond acceptors (Lipinski definition) is 3. The van der Waals surface area contributed by atoms with Gasteiger partial charge in [0.05, 0.1) is 0 Å². The molecule has 0 saturated heterocycles. The maximum Gasteiger partial charge on any atom is 0.529 e. The Kier molecular flexibility index (Phi) is 6.14. The van der Waals surface area contributed by atoms with Crippen molar-refractivity contribution in [2.24, 2.45) is 0 Å². The molecule has 1 rings (SSSR count). The minimum absolute atomic E-state index is 0.583. The van der Waals surface area contributed by atoms with E-state index in [1.54, 1.807) is 7.11 Å². The third-order valence-electron chi connectivity index (χ3n) is 2.26. The smallest absolute Gasteiger partial charge is 0.374 e. The fraction of sp³-hybridized carbons (Fsp3) is 0.385. The van der Waals surface area contributed by atoms with Gasteiger partial charge in [-0.3, -0.25) is 0 Å². The first-order chi connectivity index (χ1) is 8.26. The van der Waals surface area contributed by atoms with Crippen molar-refractivity contribution in [1.82, 2.24) is 0 Å². The second-order valence-electron chi connectivity index (χ2n) is 3.42.